The molecule has 1 aliphatic rings. The van der Waals surface area contributed by atoms with Crippen molar-refractivity contribution >= 4 is 17.7 Å². The zero-order valence-electron chi connectivity index (χ0n) is 15.2. The van der Waals surface area contributed by atoms with Crippen molar-refractivity contribution in [2.75, 3.05) is 40.4 Å². The molecule has 8 nitrogen and oxygen atoms in total. The van der Waals surface area contributed by atoms with Gasteiger partial charge in [-0.25, -0.2) is 0 Å². The third-order valence-corrected chi connectivity index (χ3v) is 4.14. The fourth-order valence-electron chi connectivity index (χ4n) is 2.70. The number of ether oxygens (including phenoxy) is 2. The molecule has 0 atom stereocenters. The van der Waals surface area contributed by atoms with E-state index >= 15 is 0 Å². The first-order valence-corrected chi connectivity index (χ1v) is 8.59. The summed E-state index contributed by atoms with van der Waals surface area (Å²) in [6, 6.07) is 4.77. The van der Waals surface area contributed by atoms with E-state index in [4.69, 9.17) is 9.47 Å². The zero-order valence-corrected chi connectivity index (χ0v) is 15.2. The second kappa shape index (κ2) is 9.65. The lowest BCUT2D eigenvalue weighted by molar-refractivity contribution is -0.130. The Hall–Kier alpha value is -2.77. The van der Waals surface area contributed by atoms with Crippen molar-refractivity contribution in [1.29, 1.82) is 0 Å². The van der Waals surface area contributed by atoms with Crippen LogP contribution in [0.4, 0.5) is 0 Å². The highest BCUT2D eigenvalue weighted by molar-refractivity contribution is 5.97. The van der Waals surface area contributed by atoms with Crippen molar-refractivity contribution < 1.29 is 23.9 Å². The van der Waals surface area contributed by atoms with Gasteiger partial charge in [-0.15, -0.1) is 0 Å². The lowest BCUT2D eigenvalue weighted by atomic mass is 10.2. The summed E-state index contributed by atoms with van der Waals surface area (Å²) in [5, 5.41) is 5.18. The predicted molar refractivity (Wildman–Crippen MR) is 95.3 cm³/mol. The summed E-state index contributed by atoms with van der Waals surface area (Å²) in [6.07, 6.45) is 2.35. The van der Waals surface area contributed by atoms with E-state index in [2.05, 4.69) is 10.6 Å². The first kappa shape index (κ1) is 19.6. The summed E-state index contributed by atoms with van der Waals surface area (Å²) in [7, 11) is 2.99. The Morgan fingerprint density at radius 2 is 1.62 bits per heavy atom. The lowest BCUT2D eigenvalue weighted by Gasteiger charge is -2.15. The van der Waals surface area contributed by atoms with Gasteiger partial charge >= 0.3 is 0 Å². The van der Waals surface area contributed by atoms with Crippen LogP contribution in [-0.4, -0.2) is 63.0 Å². The van der Waals surface area contributed by atoms with Crippen molar-refractivity contribution in [1.82, 2.24) is 15.5 Å². The van der Waals surface area contributed by atoms with Crippen LogP contribution >= 0.6 is 0 Å². The summed E-state index contributed by atoms with van der Waals surface area (Å²) < 4.78 is 10.2. The Balaban J connectivity index is 1.74. The maximum absolute atomic E-state index is 12.2. The highest BCUT2D eigenvalue weighted by Crippen LogP contribution is 2.22. The molecule has 0 aliphatic carbocycles. The standard InChI is InChI=1S/C18H25N3O5/c1-25-14-9-13(10-15(11-14)26-2)18(24)20-12-16(22)19-6-5-17(23)21-7-3-4-8-21/h9-11H,3-8,12H2,1-2H3,(H,19,22)(H,20,24). The van der Waals surface area contributed by atoms with Crippen molar-refractivity contribution in [2.24, 2.45) is 0 Å². The normalized spacial score (nSPS) is 13.2. The topological polar surface area (TPSA) is 97.0 Å². The molecule has 26 heavy (non-hydrogen) atoms. The largest absolute Gasteiger partial charge is 0.497 e. The Morgan fingerprint density at radius 3 is 2.19 bits per heavy atom. The van der Waals surface area contributed by atoms with Gasteiger partial charge in [-0.05, 0) is 25.0 Å². The molecule has 3 amide bonds. The van der Waals surface area contributed by atoms with Gasteiger partial charge in [0.05, 0.1) is 20.8 Å². The van der Waals surface area contributed by atoms with Crippen LogP contribution in [0.15, 0.2) is 18.2 Å². The minimum absolute atomic E-state index is 0.0512. The third-order valence-electron chi connectivity index (χ3n) is 4.14. The van der Waals surface area contributed by atoms with Crippen molar-refractivity contribution in [3.63, 3.8) is 0 Å². The highest BCUT2D eigenvalue weighted by Gasteiger charge is 2.17. The molecule has 0 spiro atoms. The molecule has 0 unspecified atom stereocenters. The summed E-state index contributed by atoms with van der Waals surface area (Å²) in [5.74, 6) is 0.266. The molecule has 1 aromatic carbocycles. The molecule has 1 fully saturated rings. The Kier molecular flexibility index (Phi) is 7.25. The van der Waals surface area contributed by atoms with Gasteiger partial charge in [0.2, 0.25) is 11.8 Å². The number of hydrogen-bond acceptors (Lipinski definition) is 5. The molecule has 142 valence electrons. The molecule has 1 aliphatic heterocycles. The first-order valence-electron chi connectivity index (χ1n) is 8.59. The van der Waals surface area contributed by atoms with Gasteiger partial charge in [-0.2, -0.15) is 0 Å². The molecule has 0 aromatic heterocycles. The van der Waals surface area contributed by atoms with Gasteiger partial charge in [0.15, 0.2) is 0 Å². The highest BCUT2D eigenvalue weighted by atomic mass is 16.5. The van der Waals surface area contributed by atoms with Gasteiger partial charge in [-0.3, -0.25) is 14.4 Å². The van der Waals surface area contributed by atoms with Crippen LogP contribution in [0.5, 0.6) is 11.5 Å². The minimum atomic E-state index is -0.412. The molecule has 0 radical (unpaired) electrons. The average molecular weight is 363 g/mol. The molecular weight excluding hydrogens is 338 g/mol. The second-order valence-electron chi connectivity index (χ2n) is 5.97. The quantitative estimate of drug-likeness (QED) is 0.704. The van der Waals surface area contributed by atoms with E-state index in [-0.39, 0.29) is 31.3 Å². The van der Waals surface area contributed by atoms with Crippen molar-refractivity contribution in [2.45, 2.75) is 19.3 Å². The van der Waals surface area contributed by atoms with Crippen LogP contribution in [0.2, 0.25) is 0 Å². The number of amides is 3. The zero-order chi connectivity index (χ0) is 18.9. The number of likely N-dealkylation sites (tertiary alicyclic amines) is 1. The molecular formula is C18H25N3O5. The maximum atomic E-state index is 12.2. The molecule has 0 saturated carbocycles. The van der Waals surface area contributed by atoms with E-state index in [1.54, 1.807) is 18.2 Å². The molecule has 2 rings (SSSR count). The summed E-state index contributed by atoms with van der Waals surface area (Å²) >= 11 is 0. The average Bonchev–Trinajstić information content (AvgIpc) is 3.20. The number of rotatable bonds is 8. The van der Waals surface area contributed by atoms with Gasteiger partial charge in [0, 0.05) is 37.7 Å². The number of carbonyl (C=O) groups excluding carboxylic acids is 3. The molecule has 1 heterocycles. The predicted octanol–water partition coefficient (Wildman–Crippen LogP) is 0.562. The molecule has 1 aromatic rings. The number of hydrogen-bond donors (Lipinski definition) is 2. The van der Waals surface area contributed by atoms with Crippen molar-refractivity contribution in [3.8, 4) is 11.5 Å². The lowest BCUT2D eigenvalue weighted by Crippen LogP contribution is -2.38. The van der Waals surface area contributed by atoms with Crippen LogP contribution in [0.1, 0.15) is 29.6 Å². The van der Waals surface area contributed by atoms with Gasteiger partial charge in [0.25, 0.3) is 5.91 Å². The number of carbonyl (C=O) groups is 3. The summed E-state index contributed by atoms with van der Waals surface area (Å²) in [6.45, 7) is 1.69. The number of benzene rings is 1. The summed E-state index contributed by atoms with van der Waals surface area (Å²) in [5.41, 5.74) is 0.332. The minimum Gasteiger partial charge on any atom is -0.497 e. The van der Waals surface area contributed by atoms with E-state index in [0.717, 1.165) is 25.9 Å². The first-order chi connectivity index (χ1) is 12.5. The molecule has 0 bridgehead atoms. The van der Waals surface area contributed by atoms with E-state index in [0.29, 0.717) is 17.1 Å². The van der Waals surface area contributed by atoms with Gasteiger partial charge in [-0.1, -0.05) is 0 Å². The molecule has 8 heteroatoms. The smallest absolute Gasteiger partial charge is 0.251 e. The van der Waals surface area contributed by atoms with Crippen LogP contribution in [0.3, 0.4) is 0 Å². The fourth-order valence-corrected chi connectivity index (χ4v) is 2.70. The summed E-state index contributed by atoms with van der Waals surface area (Å²) in [4.78, 5) is 37.7. The van der Waals surface area contributed by atoms with Crippen LogP contribution in [0.25, 0.3) is 0 Å². The second-order valence-corrected chi connectivity index (χ2v) is 5.97. The van der Waals surface area contributed by atoms with Crippen LogP contribution < -0.4 is 20.1 Å². The Labute approximate surface area is 152 Å². The van der Waals surface area contributed by atoms with E-state index < -0.39 is 5.91 Å². The SMILES string of the molecule is COc1cc(OC)cc(C(=O)NCC(=O)NCCC(=O)N2CCCC2)c1. The van der Waals surface area contributed by atoms with E-state index in [1.807, 2.05) is 4.90 Å². The van der Waals surface area contributed by atoms with Gasteiger partial charge < -0.3 is 25.0 Å². The number of nitrogens with one attached hydrogen (secondary N) is 2. The van der Waals surface area contributed by atoms with E-state index in [1.165, 1.54) is 14.2 Å². The Bertz CT molecular complexity index is 634. The fraction of sp³-hybridized carbons (Fsp3) is 0.500. The third kappa shape index (κ3) is 5.65. The monoisotopic (exact) mass is 363 g/mol. The van der Waals surface area contributed by atoms with Crippen LogP contribution in [0, 0.1) is 0 Å². The van der Waals surface area contributed by atoms with E-state index in [9.17, 15) is 14.4 Å². The number of nitrogens with zero attached hydrogens (tertiary/aromatic N) is 1. The molecule has 1 saturated heterocycles. The Morgan fingerprint density at radius 1 is 1.00 bits per heavy atom. The molecule has 2 N–H and O–H groups in total. The maximum Gasteiger partial charge on any atom is 0.251 e. The number of methoxy groups -OCH3 is 2. The van der Waals surface area contributed by atoms with Crippen LogP contribution in [-0.2, 0) is 9.59 Å². The van der Waals surface area contributed by atoms with Gasteiger partial charge in [0.1, 0.15) is 11.5 Å². The van der Waals surface area contributed by atoms with Crippen molar-refractivity contribution in [3.05, 3.63) is 23.8 Å².